The van der Waals surface area contributed by atoms with Gasteiger partial charge in [-0.1, -0.05) is 12.8 Å². The van der Waals surface area contributed by atoms with E-state index in [4.69, 9.17) is 5.73 Å². The highest BCUT2D eigenvalue weighted by atomic mass is 79.9. The van der Waals surface area contributed by atoms with Crippen LogP contribution in [0, 0.1) is 0 Å². The van der Waals surface area contributed by atoms with Crippen molar-refractivity contribution in [3.05, 3.63) is 20.8 Å². The molecule has 0 amide bonds. The lowest BCUT2D eigenvalue weighted by atomic mass is 10.2. The van der Waals surface area contributed by atoms with Crippen LogP contribution in [0.4, 0.5) is 0 Å². The minimum absolute atomic E-state index is 0.141. The number of nitrogens with one attached hydrogen (secondary N) is 1. The first kappa shape index (κ1) is 11.6. The van der Waals surface area contributed by atoms with Crippen LogP contribution in [0.3, 0.4) is 0 Å². The zero-order valence-corrected chi connectivity index (χ0v) is 11.1. The van der Waals surface area contributed by atoms with Crippen LogP contribution in [0.15, 0.2) is 15.9 Å². The van der Waals surface area contributed by atoms with Gasteiger partial charge in [0.1, 0.15) is 0 Å². The molecule has 3 N–H and O–H groups in total. The molecule has 1 aliphatic carbocycles. The van der Waals surface area contributed by atoms with Crippen LogP contribution in [0.5, 0.6) is 0 Å². The molecule has 0 aliphatic heterocycles. The summed E-state index contributed by atoms with van der Waals surface area (Å²) in [5.74, 6) is 0. The fourth-order valence-electron chi connectivity index (χ4n) is 2.05. The Bertz CT molecular complexity index is 307. The molecule has 1 aliphatic rings. The Balaban J connectivity index is 1.79. The topological polar surface area (TPSA) is 38.0 Å². The standard InChI is InChI=1S/C11H17BrN2S/c12-11-6-5-10(15-11)9(13)7-14-8-3-1-2-4-8/h5-6,8-9,14H,1-4,7,13H2. The summed E-state index contributed by atoms with van der Waals surface area (Å²) >= 11 is 5.19. The third kappa shape index (κ3) is 3.28. The van der Waals surface area contributed by atoms with Crippen molar-refractivity contribution in [2.24, 2.45) is 5.73 Å². The van der Waals surface area contributed by atoms with E-state index in [1.807, 2.05) is 0 Å². The van der Waals surface area contributed by atoms with Gasteiger partial charge < -0.3 is 11.1 Å². The first-order valence-corrected chi connectivity index (χ1v) is 7.11. The zero-order chi connectivity index (χ0) is 10.7. The van der Waals surface area contributed by atoms with Gasteiger partial charge in [-0.15, -0.1) is 11.3 Å². The lowest BCUT2D eigenvalue weighted by Gasteiger charge is -2.15. The van der Waals surface area contributed by atoms with Gasteiger partial charge in [0, 0.05) is 17.5 Å². The molecular formula is C11H17BrN2S. The molecule has 1 unspecified atom stereocenters. The van der Waals surface area contributed by atoms with Gasteiger partial charge in [0.15, 0.2) is 0 Å². The molecule has 2 rings (SSSR count). The minimum atomic E-state index is 0.141. The lowest BCUT2D eigenvalue weighted by molar-refractivity contribution is 0.495. The van der Waals surface area contributed by atoms with E-state index >= 15 is 0 Å². The summed E-state index contributed by atoms with van der Waals surface area (Å²) in [6, 6.07) is 5.02. The molecule has 0 aromatic carbocycles. The number of nitrogens with two attached hydrogens (primary N) is 1. The fourth-order valence-corrected chi connectivity index (χ4v) is 3.48. The summed E-state index contributed by atoms with van der Waals surface area (Å²) in [6.07, 6.45) is 5.39. The molecule has 84 valence electrons. The van der Waals surface area contributed by atoms with Gasteiger partial charge in [0.2, 0.25) is 0 Å². The van der Waals surface area contributed by atoms with E-state index < -0.39 is 0 Å². The fraction of sp³-hybridized carbons (Fsp3) is 0.636. The molecule has 0 saturated heterocycles. The maximum atomic E-state index is 6.11. The van der Waals surface area contributed by atoms with Crippen molar-refractivity contribution in [1.29, 1.82) is 0 Å². The molecular weight excluding hydrogens is 272 g/mol. The van der Waals surface area contributed by atoms with E-state index in [9.17, 15) is 0 Å². The van der Waals surface area contributed by atoms with Gasteiger partial charge in [0.25, 0.3) is 0 Å². The van der Waals surface area contributed by atoms with Gasteiger partial charge in [-0.05, 0) is 40.9 Å². The number of hydrogen-bond donors (Lipinski definition) is 2. The van der Waals surface area contributed by atoms with Crippen LogP contribution in [-0.2, 0) is 0 Å². The van der Waals surface area contributed by atoms with E-state index in [1.165, 1.54) is 30.6 Å². The number of halogens is 1. The second kappa shape index (κ2) is 5.43. The molecule has 1 aromatic rings. The normalized spacial score (nSPS) is 19.6. The summed E-state index contributed by atoms with van der Waals surface area (Å²) in [7, 11) is 0. The van der Waals surface area contributed by atoms with Crippen molar-refractivity contribution in [2.45, 2.75) is 37.8 Å². The first-order chi connectivity index (χ1) is 7.25. The summed E-state index contributed by atoms with van der Waals surface area (Å²) < 4.78 is 1.16. The Morgan fingerprint density at radius 3 is 2.80 bits per heavy atom. The van der Waals surface area contributed by atoms with Gasteiger partial charge >= 0.3 is 0 Å². The molecule has 1 saturated carbocycles. The van der Waals surface area contributed by atoms with E-state index in [-0.39, 0.29) is 6.04 Å². The predicted molar refractivity (Wildman–Crippen MR) is 69.2 cm³/mol. The number of rotatable bonds is 4. The highest BCUT2D eigenvalue weighted by molar-refractivity contribution is 9.11. The van der Waals surface area contributed by atoms with E-state index in [2.05, 4.69) is 33.4 Å². The second-order valence-corrected chi connectivity index (χ2v) is 6.63. The van der Waals surface area contributed by atoms with Crippen LogP contribution in [0.2, 0.25) is 0 Å². The Labute approximate surface area is 103 Å². The third-order valence-electron chi connectivity index (χ3n) is 2.94. The van der Waals surface area contributed by atoms with Crippen molar-refractivity contribution >= 4 is 27.3 Å². The molecule has 1 atom stereocenters. The van der Waals surface area contributed by atoms with E-state index in [0.717, 1.165) is 10.3 Å². The number of hydrogen-bond acceptors (Lipinski definition) is 3. The zero-order valence-electron chi connectivity index (χ0n) is 8.71. The van der Waals surface area contributed by atoms with E-state index in [1.54, 1.807) is 11.3 Å². The molecule has 1 aromatic heterocycles. The molecule has 4 heteroatoms. The largest absolute Gasteiger partial charge is 0.322 e. The highest BCUT2D eigenvalue weighted by Crippen LogP contribution is 2.26. The van der Waals surface area contributed by atoms with Crippen molar-refractivity contribution in [1.82, 2.24) is 5.32 Å². The van der Waals surface area contributed by atoms with Gasteiger partial charge in [0.05, 0.1) is 9.83 Å². The Morgan fingerprint density at radius 1 is 1.47 bits per heavy atom. The van der Waals surface area contributed by atoms with Crippen LogP contribution in [0.25, 0.3) is 0 Å². The first-order valence-electron chi connectivity index (χ1n) is 5.50. The van der Waals surface area contributed by atoms with Crippen LogP contribution in [0.1, 0.15) is 36.6 Å². The molecule has 0 spiro atoms. The van der Waals surface area contributed by atoms with Gasteiger partial charge in [-0.3, -0.25) is 0 Å². The van der Waals surface area contributed by atoms with Crippen LogP contribution in [-0.4, -0.2) is 12.6 Å². The summed E-state index contributed by atoms with van der Waals surface area (Å²) in [6.45, 7) is 0.900. The SMILES string of the molecule is NC(CNC1CCCC1)c1ccc(Br)s1. The van der Waals surface area contributed by atoms with Crippen LogP contribution >= 0.6 is 27.3 Å². The average Bonchev–Trinajstić information content (AvgIpc) is 2.84. The summed E-state index contributed by atoms with van der Waals surface area (Å²) in [5.41, 5.74) is 6.11. The highest BCUT2D eigenvalue weighted by Gasteiger charge is 2.16. The molecule has 1 heterocycles. The molecule has 0 bridgehead atoms. The van der Waals surface area contributed by atoms with Crippen molar-refractivity contribution < 1.29 is 0 Å². The Kier molecular flexibility index (Phi) is 4.20. The van der Waals surface area contributed by atoms with Crippen molar-refractivity contribution in [3.8, 4) is 0 Å². The monoisotopic (exact) mass is 288 g/mol. The summed E-state index contributed by atoms with van der Waals surface area (Å²) in [5, 5.41) is 3.56. The molecule has 0 radical (unpaired) electrons. The average molecular weight is 289 g/mol. The second-order valence-electron chi connectivity index (χ2n) is 4.14. The Hall–Kier alpha value is 0.1000. The van der Waals surface area contributed by atoms with Gasteiger partial charge in [-0.25, -0.2) is 0 Å². The molecule has 1 fully saturated rings. The van der Waals surface area contributed by atoms with Crippen LogP contribution < -0.4 is 11.1 Å². The quantitative estimate of drug-likeness (QED) is 0.894. The maximum absolute atomic E-state index is 6.11. The summed E-state index contributed by atoms with van der Waals surface area (Å²) in [4.78, 5) is 1.26. The minimum Gasteiger partial charge on any atom is -0.322 e. The van der Waals surface area contributed by atoms with Gasteiger partial charge in [-0.2, -0.15) is 0 Å². The van der Waals surface area contributed by atoms with E-state index in [0.29, 0.717) is 6.04 Å². The Morgan fingerprint density at radius 2 is 2.20 bits per heavy atom. The maximum Gasteiger partial charge on any atom is 0.0701 e. The molecule has 15 heavy (non-hydrogen) atoms. The third-order valence-corrected chi connectivity index (χ3v) is 4.70. The van der Waals surface area contributed by atoms with Crippen molar-refractivity contribution in [3.63, 3.8) is 0 Å². The predicted octanol–water partition coefficient (Wildman–Crippen LogP) is 3.04. The smallest absolute Gasteiger partial charge is 0.0701 e. The lowest BCUT2D eigenvalue weighted by Crippen LogP contribution is -2.33. The number of thiophene rings is 1. The molecule has 2 nitrogen and oxygen atoms in total. The van der Waals surface area contributed by atoms with Crippen molar-refractivity contribution in [2.75, 3.05) is 6.54 Å².